The van der Waals surface area contributed by atoms with Crippen molar-refractivity contribution in [2.75, 3.05) is 6.61 Å². The van der Waals surface area contributed by atoms with Crippen LogP contribution in [0.1, 0.15) is 25.7 Å². The van der Waals surface area contributed by atoms with Crippen LogP contribution < -0.4 is 0 Å². The van der Waals surface area contributed by atoms with Gasteiger partial charge in [-0.2, -0.15) is 0 Å². The minimum absolute atomic E-state index is 0.440. The molecule has 58 valence electrons. The second kappa shape index (κ2) is 2.51. The SMILES string of the molecule is O[C@H]1OC[C@@H]2CCCC[C@@H]21. The highest BCUT2D eigenvalue weighted by molar-refractivity contribution is 4.81. The molecule has 1 aliphatic carbocycles. The molecule has 2 aliphatic rings. The van der Waals surface area contributed by atoms with Gasteiger partial charge in [-0.05, 0) is 18.8 Å². The van der Waals surface area contributed by atoms with Crippen LogP contribution >= 0.6 is 0 Å². The summed E-state index contributed by atoms with van der Waals surface area (Å²) in [4.78, 5) is 0. The van der Waals surface area contributed by atoms with Crippen molar-refractivity contribution in [1.82, 2.24) is 0 Å². The first-order chi connectivity index (χ1) is 4.88. The monoisotopic (exact) mass is 142 g/mol. The van der Waals surface area contributed by atoms with Gasteiger partial charge in [0.15, 0.2) is 6.29 Å². The molecule has 0 radical (unpaired) electrons. The van der Waals surface area contributed by atoms with Crippen LogP contribution in [0, 0.1) is 11.8 Å². The lowest BCUT2D eigenvalue weighted by Crippen LogP contribution is -2.22. The van der Waals surface area contributed by atoms with E-state index in [1.807, 2.05) is 0 Å². The molecule has 1 saturated carbocycles. The fraction of sp³-hybridized carbons (Fsp3) is 1.00. The first-order valence-corrected chi connectivity index (χ1v) is 4.17. The molecule has 1 aliphatic heterocycles. The molecule has 10 heavy (non-hydrogen) atoms. The van der Waals surface area contributed by atoms with Gasteiger partial charge in [0, 0.05) is 5.92 Å². The molecule has 2 nitrogen and oxygen atoms in total. The summed E-state index contributed by atoms with van der Waals surface area (Å²) in [5.41, 5.74) is 0. The normalized spacial score (nSPS) is 47.1. The van der Waals surface area contributed by atoms with Crippen molar-refractivity contribution in [2.45, 2.75) is 32.0 Å². The van der Waals surface area contributed by atoms with Gasteiger partial charge in [-0.1, -0.05) is 12.8 Å². The van der Waals surface area contributed by atoms with Gasteiger partial charge in [0.2, 0.25) is 0 Å². The molecule has 3 atom stereocenters. The molecule has 1 heterocycles. The van der Waals surface area contributed by atoms with E-state index in [2.05, 4.69) is 0 Å². The van der Waals surface area contributed by atoms with Gasteiger partial charge in [0.05, 0.1) is 6.61 Å². The second-order valence-electron chi connectivity index (χ2n) is 3.43. The molecular weight excluding hydrogens is 128 g/mol. The Bertz CT molecular complexity index is 122. The number of rotatable bonds is 0. The van der Waals surface area contributed by atoms with E-state index in [4.69, 9.17) is 4.74 Å². The predicted molar refractivity (Wildman–Crippen MR) is 37.4 cm³/mol. The van der Waals surface area contributed by atoms with Gasteiger partial charge in [-0.25, -0.2) is 0 Å². The zero-order chi connectivity index (χ0) is 6.97. The molecule has 0 amide bonds. The summed E-state index contributed by atoms with van der Waals surface area (Å²) in [6.45, 7) is 0.797. The average molecular weight is 142 g/mol. The van der Waals surface area contributed by atoms with Crippen LogP contribution in [0.4, 0.5) is 0 Å². The van der Waals surface area contributed by atoms with Crippen molar-refractivity contribution in [3.63, 3.8) is 0 Å². The molecule has 1 saturated heterocycles. The third-order valence-electron chi connectivity index (χ3n) is 2.82. The highest BCUT2D eigenvalue weighted by Gasteiger charge is 2.37. The van der Waals surface area contributed by atoms with Gasteiger partial charge in [-0.3, -0.25) is 0 Å². The maximum atomic E-state index is 9.30. The van der Waals surface area contributed by atoms with Gasteiger partial charge >= 0.3 is 0 Å². The molecule has 2 rings (SSSR count). The quantitative estimate of drug-likeness (QED) is 0.549. The van der Waals surface area contributed by atoms with Crippen molar-refractivity contribution in [3.05, 3.63) is 0 Å². The third kappa shape index (κ3) is 0.956. The van der Waals surface area contributed by atoms with Crippen LogP contribution in [-0.2, 0) is 4.74 Å². The van der Waals surface area contributed by atoms with E-state index in [-0.39, 0.29) is 0 Å². The molecule has 2 heteroatoms. The van der Waals surface area contributed by atoms with E-state index in [1.165, 1.54) is 25.7 Å². The molecule has 0 aromatic heterocycles. The van der Waals surface area contributed by atoms with E-state index in [0.717, 1.165) is 6.61 Å². The second-order valence-corrected chi connectivity index (χ2v) is 3.43. The lowest BCUT2D eigenvalue weighted by atomic mass is 9.81. The molecule has 0 spiro atoms. The maximum absolute atomic E-state index is 9.30. The van der Waals surface area contributed by atoms with Gasteiger partial charge in [-0.15, -0.1) is 0 Å². The van der Waals surface area contributed by atoms with Crippen molar-refractivity contribution < 1.29 is 9.84 Å². The molecule has 0 unspecified atom stereocenters. The van der Waals surface area contributed by atoms with Crippen LogP contribution in [-0.4, -0.2) is 18.0 Å². The summed E-state index contributed by atoms with van der Waals surface area (Å²) in [7, 11) is 0. The summed E-state index contributed by atoms with van der Waals surface area (Å²) in [5, 5.41) is 9.30. The zero-order valence-corrected chi connectivity index (χ0v) is 6.12. The lowest BCUT2D eigenvalue weighted by molar-refractivity contribution is -0.0844. The van der Waals surface area contributed by atoms with E-state index in [1.54, 1.807) is 0 Å². The molecule has 1 N–H and O–H groups in total. The maximum Gasteiger partial charge on any atom is 0.157 e. The minimum Gasteiger partial charge on any atom is -0.368 e. The van der Waals surface area contributed by atoms with Crippen molar-refractivity contribution in [2.24, 2.45) is 11.8 Å². The Morgan fingerprint density at radius 2 is 2.00 bits per heavy atom. The molecule has 2 fully saturated rings. The molecule has 0 bridgehead atoms. The number of fused-ring (bicyclic) bond motifs is 1. The Hall–Kier alpha value is -0.0800. The van der Waals surface area contributed by atoms with Crippen LogP contribution in [0.15, 0.2) is 0 Å². The average Bonchev–Trinajstić information content (AvgIpc) is 2.34. The van der Waals surface area contributed by atoms with Crippen LogP contribution in [0.3, 0.4) is 0 Å². The van der Waals surface area contributed by atoms with Crippen molar-refractivity contribution in [1.29, 1.82) is 0 Å². The third-order valence-corrected chi connectivity index (χ3v) is 2.82. The van der Waals surface area contributed by atoms with Gasteiger partial charge in [0.25, 0.3) is 0 Å². The van der Waals surface area contributed by atoms with E-state index < -0.39 is 6.29 Å². The molecular formula is C8H14O2. The summed E-state index contributed by atoms with van der Waals surface area (Å²) in [6, 6.07) is 0. The van der Waals surface area contributed by atoms with E-state index in [9.17, 15) is 5.11 Å². The van der Waals surface area contributed by atoms with E-state index in [0.29, 0.717) is 11.8 Å². The highest BCUT2D eigenvalue weighted by atomic mass is 16.6. The molecule has 0 aromatic rings. The van der Waals surface area contributed by atoms with Crippen molar-refractivity contribution in [3.8, 4) is 0 Å². The van der Waals surface area contributed by atoms with Crippen LogP contribution in [0.25, 0.3) is 0 Å². The summed E-state index contributed by atoms with van der Waals surface area (Å²) >= 11 is 0. The standard InChI is InChI=1S/C8H14O2/c9-8-7-4-2-1-3-6(7)5-10-8/h6-9H,1-5H2/t6-,7-,8-/m0/s1. The van der Waals surface area contributed by atoms with Crippen molar-refractivity contribution >= 4 is 0 Å². The Morgan fingerprint density at radius 3 is 2.80 bits per heavy atom. The number of aliphatic hydroxyl groups is 1. The smallest absolute Gasteiger partial charge is 0.157 e. The number of ether oxygens (including phenoxy) is 1. The van der Waals surface area contributed by atoms with Crippen LogP contribution in [0.5, 0.6) is 0 Å². The van der Waals surface area contributed by atoms with Gasteiger partial charge < -0.3 is 9.84 Å². The first-order valence-electron chi connectivity index (χ1n) is 4.17. The fourth-order valence-corrected chi connectivity index (χ4v) is 2.16. The largest absolute Gasteiger partial charge is 0.368 e. The number of aliphatic hydroxyl groups excluding tert-OH is 1. The first kappa shape index (κ1) is 6.62. The number of hydrogen-bond acceptors (Lipinski definition) is 2. The topological polar surface area (TPSA) is 29.5 Å². The lowest BCUT2D eigenvalue weighted by Gasteiger charge is -2.24. The summed E-state index contributed by atoms with van der Waals surface area (Å²) < 4.78 is 5.16. The fourth-order valence-electron chi connectivity index (χ4n) is 2.16. The summed E-state index contributed by atoms with van der Waals surface area (Å²) in [6.07, 6.45) is 4.61. The Labute approximate surface area is 61.2 Å². The van der Waals surface area contributed by atoms with Gasteiger partial charge in [0.1, 0.15) is 0 Å². The Kier molecular flexibility index (Phi) is 1.66. The highest BCUT2D eigenvalue weighted by Crippen LogP contribution is 2.37. The Balaban J connectivity index is 2.01. The Morgan fingerprint density at radius 1 is 1.20 bits per heavy atom. The predicted octanol–water partition coefficient (Wildman–Crippen LogP) is 1.14. The number of hydrogen-bond donors (Lipinski definition) is 1. The zero-order valence-electron chi connectivity index (χ0n) is 6.12. The van der Waals surface area contributed by atoms with E-state index >= 15 is 0 Å². The summed E-state index contributed by atoms with van der Waals surface area (Å²) in [5.74, 6) is 1.14. The molecule has 0 aromatic carbocycles. The van der Waals surface area contributed by atoms with Crippen LogP contribution in [0.2, 0.25) is 0 Å². The minimum atomic E-state index is -0.440.